The Hall–Kier alpha value is -1.22. The van der Waals surface area contributed by atoms with Gasteiger partial charge in [0.2, 0.25) is 0 Å². The highest BCUT2D eigenvalue weighted by Crippen LogP contribution is 2.14. The van der Waals surface area contributed by atoms with Gasteiger partial charge in [-0.3, -0.25) is 0 Å². The van der Waals surface area contributed by atoms with E-state index in [9.17, 15) is 8.78 Å². The Labute approximate surface area is 88.8 Å². The maximum Gasteiger partial charge on any atom is 0.130 e. The molecule has 0 aliphatic heterocycles. The summed E-state index contributed by atoms with van der Waals surface area (Å²) in [4.78, 5) is 0. The van der Waals surface area contributed by atoms with Crippen LogP contribution in [0.1, 0.15) is 18.9 Å². The summed E-state index contributed by atoms with van der Waals surface area (Å²) in [5.41, 5.74) is 1.35. The monoisotopic (exact) mass is 211 g/mol. The number of benzene rings is 1. The molecule has 1 aromatic rings. The van der Waals surface area contributed by atoms with Crippen LogP contribution >= 0.6 is 0 Å². The molecule has 15 heavy (non-hydrogen) atoms. The van der Waals surface area contributed by atoms with Gasteiger partial charge in [0.1, 0.15) is 11.6 Å². The van der Waals surface area contributed by atoms with Crippen LogP contribution in [0.15, 0.2) is 23.8 Å². The van der Waals surface area contributed by atoms with E-state index in [4.69, 9.17) is 0 Å². The predicted octanol–water partition coefficient (Wildman–Crippen LogP) is 2.98. The summed E-state index contributed by atoms with van der Waals surface area (Å²) in [5, 5.41) is 2.99. The Morgan fingerprint density at radius 2 is 2.13 bits per heavy atom. The molecule has 1 nitrogen and oxygen atoms in total. The molecule has 0 spiro atoms. The van der Waals surface area contributed by atoms with Crippen molar-refractivity contribution in [2.75, 3.05) is 13.6 Å². The minimum Gasteiger partial charge on any atom is -0.316 e. The van der Waals surface area contributed by atoms with Crippen LogP contribution in [0.3, 0.4) is 0 Å². The van der Waals surface area contributed by atoms with Gasteiger partial charge in [-0.25, -0.2) is 8.78 Å². The van der Waals surface area contributed by atoms with Gasteiger partial charge in [-0.2, -0.15) is 0 Å². The van der Waals surface area contributed by atoms with Crippen LogP contribution in [0.2, 0.25) is 0 Å². The van der Waals surface area contributed by atoms with Crippen molar-refractivity contribution in [1.29, 1.82) is 0 Å². The molecule has 0 bridgehead atoms. The molecular formula is C12H15F2N. The molecule has 0 aromatic heterocycles. The third-order valence-electron chi connectivity index (χ3n) is 2.18. The van der Waals surface area contributed by atoms with E-state index in [0.717, 1.165) is 24.1 Å². The Morgan fingerprint density at radius 3 is 2.73 bits per heavy atom. The normalized spacial score (nSPS) is 11.9. The summed E-state index contributed by atoms with van der Waals surface area (Å²) in [6.45, 7) is 2.67. The number of hydrogen-bond acceptors (Lipinski definition) is 1. The molecule has 0 unspecified atom stereocenters. The number of likely N-dealkylation sites (N-methyl/N-ethyl adjacent to an activating group) is 1. The van der Waals surface area contributed by atoms with E-state index < -0.39 is 11.6 Å². The van der Waals surface area contributed by atoms with Gasteiger partial charge < -0.3 is 5.32 Å². The summed E-state index contributed by atoms with van der Waals surface area (Å²) in [7, 11) is 1.82. The summed E-state index contributed by atoms with van der Waals surface area (Å²) >= 11 is 0. The molecule has 0 heterocycles. The Morgan fingerprint density at radius 1 is 1.40 bits per heavy atom. The first kappa shape index (κ1) is 11.9. The van der Waals surface area contributed by atoms with Crippen molar-refractivity contribution in [2.24, 2.45) is 0 Å². The Balaban J connectivity index is 2.99. The van der Waals surface area contributed by atoms with Gasteiger partial charge in [-0.1, -0.05) is 18.6 Å². The van der Waals surface area contributed by atoms with Gasteiger partial charge in [0, 0.05) is 12.1 Å². The molecule has 1 N–H and O–H groups in total. The lowest BCUT2D eigenvalue weighted by atomic mass is 10.1. The second-order valence-corrected chi connectivity index (χ2v) is 3.35. The number of nitrogens with one attached hydrogen (secondary N) is 1. The second kappa shape index (κ2) is 5.61. The highest BCUT2D eigenvalue weighted by Gasteiger charge is 2.02. The Bertz CT molecular complexity index is 359. The fourth-order valence-electron chi connectivity index (χ4n) is 1.35. The van der Waals surface area contributed by atoms with Crippen molar-refractivity contribution < 1.29 is 8.78 Å². The molecule has 0 aliphatic rings. The van der Waals surface area contributed by atoms with Crippen LogP contribution < -0.4 is 5.32 Å². The van der Waals surface area contributed by atoms with Crippen molar-refractivity contribution in [2.45, 2.75) is 13.3 Å². The lowest BCUT2D eigenvalue weighted by molar-refractivity contribution is 0.597. The van der Waals surface area contributed by atoms with Crippen molar-refractivity contribution in [3.8, 4) is 0 Å². The molecule has 0 amide bonds. The zero-order valence-electron chi connectivity index (χ0n) is 8.98. The standard InChI is InChI=1S/C12H15F2N/c1-3-9(8-15-2)6-10-7-11(13)4-5-12(10)14/h4-7,15H,3,8H2,1-2H3. The van der Waals surface area contributed by atoms with Gasteiger partial charge in [0.15, 0.2) is 0 Å². The van der Waals surface area contributed by atoms with E-state index in [1.165, 1.54) is 6.07 Å². The fraction of sp³-hybridized carbons (Fsp3) is 0.333. The van der Waals surface area contributed by atoms with Crippen LogP contribution in [-0.2, 0) is 0 Å². The molecule has 0 saturated heterocycles. The number of hydrogen-bond donors (Lipinski definition) is 1. The lowest BCUT2D eigenvalue weighted by Gasteiger charge is -2.04. The molecule has 1 aromatic carbocycles. The number of halogens is 2. The largest absolute Gasteiger partial charge is 0.316 e. The highest BCUT2D eigenvalue weighted by molar-refractivity contribution is 5.53. The third-order valence-corrected chi connectivity index (χ3v) is 2.18. The highest BCUT2D eigenvalue weighted by atomic mass is 19.1. The second-order valence-electron chi connectivity index (χ2n) is 3.35. The topological polar surface area (TPSA) is 12.0 Å². The quantitative estimate of drug-likeness (QED) is 0.807. The van der Waals surface area contributed by atoms with E-state index in [2.05, 4.69) is 5.32 Å². The summed E-state index contributed by atoms with van der Waals surface area (Å²) in [6, 6.07) is 3.48. The molecule has 0 fully saturated rings. The maximum absolute atomic E-state index is 13.3. The maximum atomic E-state index is 13.3. The van der Waals surface area contributed by atoms with Gasteiger partial charge in [0.05, 0.1) is 0 Å². The number of rotatable bonds is 4. The van der Waals surface area contributed by atoms with Gasteiger partial charge in [-0.15, -0.1) is 0 Å². The van der Waals surface area contributed by atoms with E-state index >= 15 is 0 Å². The van der Waals surface area contributed by atoms with Crippen LogP contribution in [0.25, 0.3) is 6.08 Å². The minimum atomic E-state index is -0.414. The Kier molecular flexibility index (Phi) is 4.43. The van der Waals surface area contributed by atoms with Crippen LogP contribution in [-0.4, -0.2) is 13.6 Å². The lowest BCUT2D eigenvalue weighted by Crippen LogP contribution is -2.09. The van der Waals surface area contributed by atoms with Crippen molar-refractivity contribution in [1.82, 2.24) is 5.32 Å². The zero-order chi connectivity index (χ0) is 11.3. The molecule has 0 saturated carbocycles. The van der Waals surface area contributed by atoms with Crippen LogP contribution in [0, 0.1) is 11.6 Å². The van der Waals surface area contributed by atoms with E-state index in [1.54, 1.807) is 6.08 Å². The van der Waals surface area contributed by atoms with Gasteiger partial charge in [-0.05, 0) is 31.7 Å². The SMILES string of the molecule is CCC(=Cc1cc(F)ccc1F)CNC. The third kappa shape index (κ3) is 3.44. The van der Waals surface area contributed by atoms with Crippen LogP contribution in [0.4, 0.5) is 8.78 Å². The van der Waals surface area contributed by atoms with Crippen LogP contribution in [0.5, 0.6) is 0 Å². The van der Waals surface area contributed by atoms with Gasteiger partial charge >= 0.3 is 0 Å². The van der Waals surface area contributed by atoms with Gasteiger partial charge in [0.25, 0.3) is 0 Å². The molecular weight excluding hydrogens is 196 g/mol. The first-order chi connectivity index (χ1) is 7.17. The zero-order valence-corrected chi connectivity index (χ0v) is 8.98. The first-order valence-corrected chi connectivity index (χ1v) is 4.96. The average molecular weight is 211 g/mol. The van der Waals surface area contributed by atoms with Crippen molar-refractivity contribution in [3.05, 3.63) is 41.0 Å². The van der Waals surface area contributed by atoms with Crippen molar-refractivity contribution in [3.63, 3.8) is 0 Å². The van der Waals surface area contributed by atoms with E-state index in [1.807, 2.05) is 14.0 Å². The molecule has 0 aliphatic carbocycles. The average Bonchev–Trinajstić information content (AvgIpc) is 2.22. The smallest absolute Gasteiger partial charge is 0.130 e. The predicted molar refractivity (Wildman–Crippen MR) is 58.6 cm³/mol. The summed E-state index contributed by atoms with van der Waals surface area (Å²) in [5.74, 6) is -0.805. The van der Waals surface area contributed by atoms with E-state index in [-0.39, 0.29) is 0 Å². The summed E-state index contributed by atoms with van der Waals surface area (Å²) < 4.78 is 26.2. The molecule has 82 valence electrons. The molecule has 0 atom stereocenters. The minimum absolute atomic E-state index is 0.308. The first-order valence-electron chi connectivity index (χ1n) is 4.96. The molecule has 0 radical (unpaired) electrons. The van der Waals surface area contributed by atoms with Crippen molar-refractivity contribution >= 4 is 6.08 Å². The molecule has 3 heteroatoms. The fourth-order valence-corrected chi connectivity index (χ4v) is 1.35. The summed E-state index contributed by atoms with van der Waals surface area (Å²) in [6.07, 6.45) is 2.51. The molecule has 1 rings (SSSR count). The van der Waals surface area contributed by atoms with E-state index in [0.29, 0.717) is 12.1 Å².